The van der Waals surface area contributed by atoms with E-state index in [1.165, 1.54) is 0 Å². The molecule has 5 aromatic rings. The van der Waals surface area contributed by atoms with Crippen molar-refractivity contribution in [3.63, 3.8) is 0 Å². The summed E-state index contributed by atoms with van der Waals surface area (Å²) in [6.07, 6.45) is 0. The van der Waals surface area contributed by atoms with Crippen molar-refractivity contribution in [1.82, 2.24) is 0 Å². The first-order valence-electron chi connectivity index (χ1n) is 14.0. The maximum Gasteiger partial charge on any atom is 0.258 e. The molecule has 5 aromatic carbocycles. The number of hydrogen-bond acceptors (Lipinski definition) is 5. The van der Waals surface area contributed by atoms with Crippen LogP contribution in [0.2, 0.25) is 0 Å². The Kier molecular flexibility index (Phi) is 6.60. The van der Waals surface area contributed by atoms with Crippen molar-refractivity contribution in [2.24, 2.45) is 0 Å². The number of carbonyl (C=O) groups excluding carboxylic acids is 2. The van der Waals surface area contributed by atoms with Gasteiger partial charge in [-0.25, -0.2) is 0 Å². The number of nitrogens with two attached hydrogens (primary N) is 1. The Balaban J connectivity index is 1.28. The predicted octanol–water partition coefficient (Wildman–Crippen LogP) is 6.95. The van der Waals surface area contributed by atoms with E-state index < -0.39 is 0 Å². The summed E-state index contributed by atoms with van der Waals surface area (Å²) in [6.45, 7) is 0.652. The molecule has 2 aliphatic heterocycles. The zero-order valence-electron chi connectivity index (χ0n) is 22.9. The van der Waals surface area contributed by atoms with Gasteiger partial charge in [-0.2, -0.15) is 0 Å². The van der Waals surface area contributed by atoms with Crippen LogP contribution >= 0.6 is 23.2 Å². The van der Waals surface area contributed by atoms with Crippen LogP contribution in [0, 0.1) is 0 Å². The lowest BCUT2D eigenvalue weighted by Gasteiger charge is -2.21. The lowest BCUT2D eigenvalue weighted by atomic mass is 9.95. The van der Waals surface area contributed by atoms with Gasteiger partial charge in [0.05, 0.1) is 11.4 Å². The van der Waals surface area contributed by atoms with Crippen molar-refractivity contribution in [2.45, 2.75) is 11.8 Å². The monoisotopic (exact) mass is 611 g/mol. The molecule has 0 bridgehead atoms. The maximum absolute atomic E-state index is 14.0. The Labute approximate surface area is 257 Å². The van der Waals surface area contributed by atoms with E-state index >= 15 is 0 Å². The highest BCUT2D eigenvalue weighted by atomic mass is 35.5. The van der Waals surface area contributed by atoms with Gasteiger partial charge < -0.3 is 25.7 Å². The number of aromatic hydroxyl groups is 2. The minimum atomic E-state index is -0.353. The van der Waals surface area contributed by atoms with Crippen molar-refractivity contribution in [2.75, 3.05) is 40.4 Å². The van der Waals surface area contributed by atoms with E-state index in [0.717, 1.165) is 21.9 Å². The quantitative estimate of drug-likeness (QED) is 0.150. The van der Waals surface area contributed by atoms with Gasteiger partial charge in [-0.15, -0.1) is 23.2 Å². The SMILES string of the molecule is Nc1cc(C(=O)N2CC(CCl)c3c2cc(O)c2ccccc32)cc(C(=O)N2CC(CCl)c3c2cc(O)c2ccccc32)c1. The van der Waals surface area contributed by atoms with Gasteiger partial charge in [0.15, 0.2) is 0 Å². The molecule has 0 aromatic heterocycles. The fourth-order valence-corrected chi connectivity index (χ4v) is 7.20. The molecule has 0 saturated carbocycles. The molecular weight excluding hydrogens is 585 g/mol. The molecule has 0 aliphatic carbocycles. The molecule has 0 radical (unpaired) electrons. The number of nitrogens with zero attached hydrogens (tertiary/aromatic N) is 2. The summed E-state index contributed by atoms with van der Waals surface area (Å²) < 4.78 is 0. The van der Waals surface area contributed by atoms with Gasteiger partial charge in [0.2, 0.25) is 0 Å². The molecule has 0 saturated heterocycles. The molecule has 43 heavy (non-hydrogen) atoms. The maximum atomic E-state index is 14.0. The van der Waals surface area contributed by atoms with Gasteiger partial charge in [-0.05, 0) is 40.1 Å². The Morgan fingerprint density at radius 1 is 0.674 bits per heavy atom. The minimum Gasteiger partial charge on any atom is -0.507 e. The summed E-state index contributed by atoms with van der Waals surface area (Å²) in [5, 5.41) is 24.7. The first-order valence-corrected chi connectivity index (χ1v) is 15.0. The zero-order chi connectivity index (χ0) is 30.0. The number of rotatable bonds is 4. The molecule has 7 rings (SSSR count). The van der Waals surface area contributed by atoms with Gasteiger partial charge in [0, 0.05) is 76.4 Å². The number of alkyl halides is 2. The number of halogens is 2. The minimum absolute atomic E-state index is 0.0723. The van der Waals surface area contributed by atoms with Gasteiger partial charge >= 0.3 is 0 Å². The number of hydrogen-bond donors (Lipinski definition) is 3. The normalized spacial score (nSPS) is 17.4. The third-order valence-corrected chi connectivity index (χ3v) is 9.35. The number of nitrogen functional groups attached to an aromatic ring is 1. The van der Waals surface area contributed by atoms with Gasteiger partial charge in [-0.3, -0.25) is 9.59 Å². The van der Waals surface area contributed by atoms with Gasteiger partial charge in [-0.1, -0.05) is 48.5 Å². The van der Waals surface area contributed by atoms with Crippen LogP contribution in [-0.2, 0) is 0 Å². The fraction of sp³-hybridized carbons (Fsp3) is 0.176. The summed E-state index contributed by atoms with van der Waals surface area (Å²) in [6, 6.07) is 22.8. The van der Waals surface area contributed by atoms with Crippen LogP contribution < -0.4 is 15.5 Å². The molecule has 2 atom stereocenters. The highest BCUT2D eigenvalue weighted by molar-refractivity contribution is 6.20. The highest BCUT2D eigenvalue weighted by Crippen LogP contribution is 2.47. The number of fused-ring (bicyclic) bond motifs is 6. The molecule has 0 fully saturated rings. The second-order valence-corrected chi connectivity index (χ2v) is 11.7. The van der Waals surface area contributed by atoms with E-state index in [4.69, 9.17) is 28.9 Å². The molecule has 7 nitrogen and oxygen atoms in total. The Morgan fingerprint density at radius 2 is 1.07 bits per heavy atom. The molecule has 4 N–H and O–H groups in total. The predicted molar refractivity (Wildman–Crippen MR) is 172 cm³/mol. The zero-order valence-corrected chi connectivity index (χ0v) is 24.4. The Bertz CT molecular complexity index is 1840. The van der Waals surface area contributed by atoms with Crippen LogP contribution in [0.5, 0.6) is 11.5 Å². The lowest BCUT2D eigenvalue weighted by molar-refractivity contribution is 0.0987. The van der Waals surface area contributed by atoms with Crippen molar-refractivity contribution >= 4 is 73.6 Å². The molecule has 216 valence electrons. The van der Waals surface area contributed by atoms with Crippen LogP contribution in [0.1, 0.15) is 43.7 Å². The average molecular weight is 613 g/mol. The van der Waals surface area contributed by atoms with Gasteiger partial charge in [0.1, 0.15) is 11.5 Å². The summed E-state index contributed by atoms with van der Waals surface area (Å²) >= 11 is 12.7. The van der Waals surface area contributed by atoms with Crippen molar-refractivity contribution in [1.29, 1.82) is 0 Å². The van der Waals surface area contributed by atoms with Crippen LogP contribution in [0.4, 0.5) is 17.1 Å². The Morgan fingerprint density at radius 3 is 1.47 bits per heavy atom. The number of benzene rings is 5. The molecule has 0 spiro atoms. The number of amides is 2. The van der Waals surface area contributed by atoms with Crippen LogP contribution in [0.3, 0.4) is 0 Å². The van der Waals surface area contributed by atoms with Crippen molar-refractivity contribution < 1.29 is 19.8 Å². The summed E-state index contributed by atoms with van der Waals surface area (Å²) in [7, 11) is 0. The van der Waals surface area contributed by atoms with E-state index in [2.05, 4.69) is 0 Å². The van der Waals surface area contributed by atoms with E-state index in [1.807, 2.05) is 48.5 Å². The number of anilines is 3. The third-order valence-electron chi connectivity index (χ3n) is 8.60. The molecular formula is C34H27Cl2N3O4. The third kappa shape index (κ3) is 4.26. The van der Waals surface area contributed by atoms with Crippen molar-refractivity contribution in [3.05, 3.63) is 101 Å². The largest absolute Gasteiger partial charge is 0.507 e. The van der Waals surface area contributed by atoms with Crippen LogP contribution in [0.25, 0.3) is 21.5 Å². The smallest absolute Gasteiger partial charge is 0.258 e. The first-order chi connectivity index (χ1) is 20.8. The fourth-order valence-electron chi connectivity index (χ4n) is 6.70. The number of phenols is 2. The molecule has 2 amide bonds. The van der Waals surface area contributed by atoms with E-state index in [9.17, 15) is 19.8 Å². The number of carbonyl (C=O) groups is 2. The first kappa shape index (κ1) is 27.4. The molecule has 2 unspecified atom stereocenters. The van der Waals surface area contributed by atoms with E-state index in [1.54, 1.807) is 40.1 Å². The molecule has 9 heteroatoms. The van der Waals surface area contributed by atoms with Gasteiger partial charge in [0.25, 0.3) is 11.8 Å². The van der Waals surface area contributed by atoms with Crippen LogP contribution in [-0.4, -0.2) is 46.9 Å². The summed E-state index contributed by atoms with van der Waals surface area (Å²) in [5.41, 5.74) is 10.00. The van der Waals surface area contributed by atoms with E-state index in [0.29, 0.717) is 47.0 Å². The summed E-state index contributed by atoms with van der Waals surface area (Å²) in [5.74, 6) is -0.240. The standard InChI is InChI=1S/C34H27Cl2N3O4/c35-14-20-16-38(27-12-29(40)23-5-1-3-7-25(23)31(20)27)33(42)18-9-19(11-22(37)10-18)34(43)39-17-21(15-36)32-26-8-4-2-6-24(26)30(41)13-28(32)39/h1-13,20-21,40-41H,14-17,37H2. The lowest BCUT2D eigenvalue weighted by Crippen LogP contribution is -2.32. The highest BCUT2D eigenvalue weighted by Gasteiger charge is 2.37. The summed E-state index contributed by atoms with van der Waals surface area (Å²) in [4.78, 5) is 31.2. The van der Waals surface area contributed by atoms with E-state index in [-0.39, 0.29) is 52.0 Å². The molecule has 2 heterocycles. The second-order valence-electron chi connectivity index (χ2n) is 11.1. The number of phenolic OH excluding ortho intramolecular Hbond substituents is 2. The molecule has 2 aliphatic rings. The second kappa shape index (κ2) is 10.4. The average Bonchev–Trinajstić information content (AvgIpc) is 3.58. The Hall–Kier alpha value is -4.46. The topological polar surface area (TPSA) is 107 Å². The van der Waals surface area contributed by atoms with Crippen LogP contribution in [0.15, 0.2) is 78.9 Å². The van der Waals surface area contributed by atoms with Crippen molar-refractivity contribution in [3.8, 4) is 11.5 Å².